The number of carbonyl (C=O) groups excluding carboxylic acids is 2. The van der Waals surface area contributed by atoms with Gasteiger partial charge in [0.15, 0.2) is 6.10 Å². The van der Waals surface area contributed by atoms with Gasteiger partial charge in [0.1, 0.15) is 19.8 Å². The third kappa shape index (κ3) is 31.8. The number of hydrogen-bond donors (Lipinski definition) is 4. The van der Waals surface area contributed by atoms with Crippen LogP contribution in [0.15, 0.2) is 72.9 Å². The predicted octanol–water partition coefficient (Wildman–Crippen LogP) is 9.40. The number of aliphatic hydroxyl groups is 3. The van der Waals surface area contributed by atoms with E-state index in [-0.39, 0.29) is 37.9 Å². The standard InChI is InChI=1S/C48H82NO11P/c1-6-8-10-11-12-13-14-15-16-17-18-19-20-21-22-23-29-33-48(54)60-42(40-59-61(55,56)58-37-36-49(3,4)5)39-57-47(53)32-28-25-24-27-31-43-44(46(52)38-45(43)51)35-34-41(50)30-26-9-7-2/h8,10,12-13,15-16,18-19,24,27,34-35,41-46,50-52H,6-7,9,11,14,17,20-23,25-26,28-33,36-40H2,1-5H3/p+1/b10-8-,13-12-,16-15-,19-18-,27-24+,35-34+/t41-,42+,43+,44+,45-,46+/m0/s1. The molecule has 0 radical (unpaired) electrons. The van der Waals surface area contributed by atoms with E-state index in [0.717, 1.165) is 70.6 Å². The Balaban J connectivity index is 2.51. The molecular formula is C48H83NO11P+. The Morgan fingerprint density at radius 3 is 2.03 bits per heavy atom. The summed E-state index contributed by atoms with van der Waals surface area (Å²) in [6, 6.07) is 0. The van der Waals surface area contributed by atoms with Crippen molar-refractivity contribution < 1.29 is 57.4 Å². The van der Waals surface area contributed by atoms with E-state index in [4.69, 9.17) is 18.5 Å². The van der Waals surface area contributed by atoms with E-state index in [2.05, 4.69) is 62.5 Å². The van der Waals surface area contributed by atoms with Gasteiger partial charge in [-0.3, -0.25) is 18.6 Å². The molecule has 0 aromatic heterocycles. The van der Waals surface area contributed by atoms with Crippen LogP contribution in [0, 0.1) is 11.8 Å². The molecule has 61 heavy (non-hydrogen) atoms. The van der Waals surface area contributed by atoms with E-state index in [0.29, 0.717) is 49.6 Å². The second-order valence-electron chi connectivity index (χ2n) is 17.0. The number of carbonyl (C=O) groups is 2. The number of likely N-dealkylation sites (N-methyl/N-ethyl adjacent to an activating group) is 1. The van der Waals surface area contributed by atoms with Gasteiger partial charge in [-0.15, -0.1) is 0 Å². The highest BCUT2D eigenvalue weighted by Crippen LogP contribution is 2.43. The number of allylic oxidation sites excluding steroid dienone is 10. The lowest BCUT2D eigenvalue weighted by Crippen LogP contribution is -2.37. The fourth-order valence-electron chi connectivity index (χ4n) is 6.64. The number of rotatable bonds is 36. The molecule has 0 saturated heterocycles. The van der Waals surface area contributed by atoms with E-state index in [1.54, 1.807) is 6.08 Å². The van der Waals surface area contributed by atoms with Crippen molar-refractivity contribution in [2.45, 2.75) is 160 Å². The molecule has 0 bridgehead atoms. The monoisotopic (exact) mass is 881 g/mol. The summed E-state index contributed by atoms with van der Waals surface area (Å²) in [6.45, 7) is 3.88. The van der Waals surface area contributed by atoms with E-state index in [1.807, 2.05) is 39.4 Å². The van der Waals surface area contributed by atoms with Gasteiger partial charge in [0.2, 0.25) is 0 Å². The molecule has 1 rings (SSSR count). The van der Waals surface area contributed by atoms with Crippen LogP contribution in [0.2, 0.25) is 0 Å². The molecule has 0 heterocycles. The van der Waals surface area contributed by atoms with Crippen molar-refractivity contribution in [2.75, 3.05) is 47.5 Å². The Morgan fingerprint density at radius 1 is 0.738 bits per heavy atom. The van der Waals surface area contributed by atoms with Gasteiger partial charge in [-0.1, -0.05) is 119 Å². The first-order valence-electron chi connectivity index (χ1n) is 22.9. The number of phosphoric ester groups is 1. The Hall–Kier alpha value is -2.67. The minimum absolute atomic E-state index is 0.0163. The second kappa shape index (κ2) is 34.8. The topological polar surface area (TPSA) is 169 Å². The van der Waals surface area contributed by atoms with Gasteiger partial charge >= 0.3 is 19.8 Å². The fraction of sp³-hybridized carbons (Fsp3) is 0.708. The van der Waals surface area contributed by atoms with Crippen LogP contribution in [0.4, 0.5) is 0 Å². The predicted molar refractivity (Wildman–Crippen MR) is 244 cm³/mol. The summed E-state index contributed by atoms with van der Waals surface area (Å²) in [5.74, 6) is -1.43. The number of quaternary nitrogens is 1. The van der Waals surface area contributed by atoms with Crippen LogP contribution in [-0.2, 0) is 32.7 Å². The van der Waals surface area contributed by atoms with Crippen molar-refractivity contribution in [3.05, 3.63) is 72.9 Å². The first kappa shape index (κ1) is 56.3. The molecular weight excluding hydrogens is 797 g/mol. The summed E-state index contributed by atoms with van der Waals surface area (Å²) in [5, 5.41) is 31.4. The van der Waals surface area contributed by atoms with Crippen molar-refractivity contribution in [1.82, 2.24) is 0 Å². The summed E-state index contributed by atoms with van der Waals surface area (Å²) < 4.78 is 34.2. The van der Waals surface area contributed by atoms with Gasteiger partial charge in [-0.05, 0) is 76.5 Å². The molecule has 13 heteroatoms. The highest BCUT2D eigenvalue weighted by Gasteiger charge is 2.39. The van der Waals surface area contributed by atoms with Crippen LogP contribution in [0.1, 0.15) is 136 Å². The Bertz CT molecular complexity index is 1390. The largest absolute Gasteiger partial charge is 0.472 e. The molecule has 1 saturated carbocycles. The van der Waals surface area contributed by atoms with Crippen molar-refractivity contribution in [1.29, 1.82) is 0 Å². The third-order valence-corrected chi connectivity index (χ3v) is 11.3. The molecule has 1 fully saturated rings. The number of nitrogens with zero attached hydrogens (tertiary/aromatic N) is 1. The van der Waals surface area contributed by atoms with E-state index < -0.39 is 50.8 Å². The lowest BCUT2D eigenvalue weighted by Gasteiger charge is -2.24. The van der Waals surface area contributed by atoms with Gasteiger partial charge in [0, 0.05) is 25.2 Å². The number of hydrogen-bond acceptors (Lipinski definition) is 10. The van der Waals surface area contributed by atoms with Crippen molar-refractivity contribution in [3.63, 3.8) is 0 Å². The molecule has 1 unspecified atom stereocenters. The van der Waals surface area contributed by atoms with E-state index >= 15 is 0 Å². The minimum atomic E-state index is -4.45. The first-order chi connectivity index (χ1) is 29.2. The zero-order valence-corrected chi connectivity index (χ0v) is 39.1. The fourth-order valence-corrected chi connectivity index (χ4v) is 7.39. The van der Waals surface area contributed by atoms with Gasteiger partial charge in [0.05, 0.1) is 46.1 Å². The average molecular weight is 881 g/mol. The number of aliphatic hydroxyl groups excluding tert-OH is 3. The van der Waals surface area contributed by atoms with Crippen molar-refractivity contribution >= 4 is 19.8 Å². The van der Waals surface area contributed by atoms with Gasteiger partial charge < -0.3 is 34.2 Å². The maximum Gasteiger partial charge on any atom is 0.472 e. The lowest BCUT2D eigenvalue weighted by molar-refractivity contribution is -0.870. The molecule has 0 aromatic carbocycles. The molecule has 0 aliphatic heterocycles. The maximum absolute atomic E-state index is 12.7. The molecule has 0 amide bonds. The number of esters is 2. The number of unbranched alkanes of at least 4 members (excludes halogenated alkanes) is 7. The van der Waals surface area contributed by atoms with Gasteiger partial charge in [0.25, 0.3) is 0 Å². The molecule has 7 atom stereocenters. The summed E-state index contributed by atoms with van der Waals surface area (Å²) in [7, 11) is 1.31. The Labute approximate surface area is 368 Å². The summed E-state index contributed by atoms with van der Waals surface area (Å²) in [5.41, 5.74) is 0. The molecule has 0 spiro atoms. The van der Waals surface area contributed by atoms with Crippen molar-refractivity contribution in [2.24, 2.45) is 11.8 Å². The molecule has 1 aliphatic carbocycles. The average Bonchev–Trinajstić information content (AvgIpc) is 3.47. The lowest BCUT2D eigenvalue weighted by atomic mass is 9.89. The van der Waals surface area contributed by atoms with Crippen molar-refractivity contribution in [3.8, 4) is 0 Å². The number of phosphoric acid groups is 1. The summed E-state index contributed by atoms with van der Waals surface area (Å²) in [4.78, 5) is 35.6. The van der Waals surface area contributed by atoms with Crippen LogP contribution in [0.5, 0.6) is 0 Å². The third-order valence-electron chi connectivity index (χ3n) is 10.3. The molecule has 1 aliphatic rings. The molecule has 12 nitrogen and oxygen atoms in total. The zero-order valence-electron chi connectivity index (χ0n) is 38.2. The number of ether oxygens (including phenoxy) is 2. The second-order valence-corrected chi connectivity index (χ2v) is 18.5. The highest BCUT2D eigenvalue weighted by molar-refractivity contribution is 7.47. The minimum Gasteiger partial charge on any atom is -0.462 e. The normalized spacial score (nSPS) is 20.9. The van der Waals surface area contributed by atoms with Gasteiger partial charge in [-0.2, -0.15) is 0 Å². The summed E-state index contributed by atoms with van der Waals surface area (Å²) in [6.07, 6.45) is 36.2. The van der Waals surface area contributed by atoms with Crippen LogP contribution >= 0.6 is 7.82 Å². The van der Waals surface area contributed by atoms with Crippen LogP contribution in [0.3, 0.4) is 0 Å². The van der Waals surface area contributed by atoms with Crippen LogP contribution < -0.4 is 0 Å². The quantitative estimate of drug-likeness (QED) is 0.0156. The Morgan fingerprint density at radius 2 is 1.36 bits per heavy atom. The molecule has 0 aromatic rings. The zero-order chi connectivity index (χ0) is 45.2. The first-order valence-corrected chi connectivity index (χ1v) is 24.4. The maximum atomic E-state index is 12.7. The SMILES string of the molecule is CC/C=C\C/C=C\C/C=C\C/C=C\CCCCCCC(=O)O[C@H](COC(=O)CCC/C=C/C[C@@H]1[C@@H](/C=C/[C@@H](O)CCCCC)[C@H](O)C[C@@H]1O)COP(=O)(O)OCC[N+](C)(C)C. The van der Waals surface area contributed by atoms with Crippen LogP contribution in [0.25, 0.3) is 0 Å². The molecule has 4 N–H and O–H groups in total. The smallest absolute Gasteiger partial charge is 0.462 e. The summed E-state index contributed by atoms with van der Waals surface area (Å²) >= 11 is 0. The van der Waals surface area contributed by atoms with Gasteiger partial charge in [-0.25, -0.2) is 4.57 Å². The van der Waals surface area contributed by atoms with E-state index in [9.17, 15) is 34.4 Å². The van der Waals surface area contributed by atoms with E-state index in [1.165, 1.54) is 0 Å². The molecule has 350 valence electrons. The van der Waals surface area contributed by atoms with Crippen LogP contribution in [-0.4, -0.2) is 109 Å². The highest BCUT2D eigenvalue weighted by atomic mass is 31.2. The Kier molecular flexibility index (Phi) is 32.1.